The van der Waals surface area contributed by atoms with E-state index in [1.54, 1.807) is 0 Å². The van der Waals surface area contributed by atoms with Crippen LogP contribution in [0, 0.1) is 11.8 Å². The summed E-state index contributed by atoms with van der Waals surface area (Å²) < 4.78 is 42.3. The summed E-state index contributed by atoms with van der Waals surface area (Å²) in [7, 11) is -3.07. The molecule has 0 N–H and O–H groups in total. The minimum atomic E-state index is -4.51. The van der Waals surface area contributed by atoms with Gasteiger partial charge in [0.05, 0.1) is 16.8 Å². The van der Waals surface area contributed by atoms with Gasteiger partial charge in [0.1, 0.15) is 17.3 Å². The van der Waals surface area contributed by atoms with Gasteiger partial charge in [0.2, 0.25) is 0 Å². The fourth-order valence-corrected chi connectivity index (χ4v) is 4.47. The van der Waals surface area contributed by atoms with Gasteiger partial charge >= 0.3 is 16.0 Å². The van der Waals surface area contributed by atoms with Gasteiger partial charge in [-0.25, -0.2) is 4.79 Å². The van der Waals surface area contributed by atoms with Crippen LogP contribution in [-0.2, 0) is 24.9 Å². The van der Waals surface area contributed by atoms with Crippen LogP contribution < -0.4 is 4.74 Å². The zero-order valence-corrected chi connectivity index (χ0v) is 21.4. The normalized spacial score (nSPS) is 12.6. The smallest absolute Gasteiger partial charge is 0.340 e. The van der Waals surface area contributed by atoms with E-state index in [0.29, 0.717) is 5.75 Å². The minimum Gasteiger partial charge on any atom is -0.490 e. The SMILES string of the molecule is COCC(COc1ccc(C(C)(C)c2ccc(C)cc2)cc1)OC(=O)c1ccccc1S(=O)(=O)N=O. The predicted molar refractivity (Wildman–Crippen MR) is 136 cm³/mol. The van der Waals surface area contributed by atoms with Crippen molar-refractivity contribution in [3.05, 3.63) is 100.0 Å². The number of hydrogen-bond donors (Lipinski definition) is 0. The lowest BCUT2D eigenvalue weighted by Gasteiger charge is -2.26. The summed E-state index contributed by atoms with van der Waals surface area (Å²) in [6.07, 6.45) is -0.828. The Morgan fingerprint density at radius 2 is 1.50 bits per heavy atom. The molecule has 0 aliphatic carbocycles. The van der Waals surface area contributed by atoms with E-state index < -0.39 is 27.0 Å². The number of aryl methyl sites for hydroxylation is 1. The van der Waals surface area contributed by atoms with Crippen molar-refractivity contribution in [1.82, 2.24) is 0 Å². The van der Waals surface area contributed by atoms with Gasteiger partial charge in [0.15, 0.2) is 6.10 Å². The molecule has 3 aromatic rings. The molecule has 0 amide bonds. The number of nitrogens with zero attached hydrogens (tertiary/aromatic N) is 1. The maximum absolute atomic E-state index is 12.7. The van der Waals surface area contributed by atoms with Crippen LogP contribution in [0.25, 0.3) is 0 Å². The lowest BCUT2D eigenvalue weighted by molar-refractivity contribution is -0.0103. The van der Waals surface area contributed by atoms with E-state index in [4.69, 9.17) is 14.2 Å². The van der Waals surface area contributed by atoms with E-state index in [9.17, 15) is 18.1 Å². The van der Waals surface area contributed by atoms with Crippen molar-refractivity contribution in [2.24, 2.45) is 4.58 Å². The van der Waals surface area contributed by atoms with Crippen LogP contribution in [0.3, 0.4) is 0 Å². The van der Waals surface area contributed by atoms with E-state index in [0.717, 1.165) is 11.6 Å². The van der Waals surface area contributed by atoms with E-state index in [2.05, 4.69) is 49.6 Å². The molecule has 1 atom stereocenters. The molecule has 0 radical (unpaired) electrons. The molecule has 0 spiro atoms. The number of benzene rings is 3. The average Bonchev–Trinajstić information content (AvgIpc) is 2.88. The first-order valence-corrected chi connectivity index (χ1v) is 12.7. The van der Waals surface area contributed by atoms with E-state index >= 15 is 0 Å². The zero-order chi connectivity index (χ0) is 26.3. The second-order valence-corrected chi connectivity index (χ2v) is 10.4. The van der Waals surface area contributed by atoms with Gasteiger partial charge in [-0.2, -0.15) is 8.42 Å². The molecule has 0 bridgehead atoms. The van der Waals surface area contributed by atoms with Crippen LogP contribution in [0.5, 0.6) is 5.75 Å². The first-order chi connectivity index (χ1) is 17.1. The summed E-state index contributed by atoms with van der Waals surface area (Å²) in [5.41, 5.74) is 3.02. The Morgan fingerprint density at radius 3 is 2.08 bits per heavy atom. The van der Waals surface area contributed by atoms with E-state index in [-0.39, 0.29) is 24.2 Å². The summed E-state index contributed by atoms with van der Waals surface area (Å²) in [4.78, 5) is 22.9. The van der Waals surface area contributed by atoms with E-state index in [1.807, 2.05) is 24.3 Å². The fraction of sp³-hybridized carbons (Fsp3) is 0.296. The molecule has 8 nitrogen and oxygen atoms in total. The van der Waals surface area contributed by atoms with Gasteiger partial charge in [0.25, 0.3) is 0 Å². The van der Waals surface area contributed by atoms with Crippen LogP contribution in [0.15, 0.2) is 82.3 Å². The second-order valence-electron chi connectivity index (χ2n) is 8.85. The third kappa shape index (κ3) is 6.35. The molecule has 0 saturated heterocycles. The Morgan fingerprint density at radius 1 is 0.917 bits per heavy atom. The minimum absolute atomic E-state index is 0.0190. The fourth-order valence-electron chi connectivity index (χ4n) is 3.71. The van der Waals surface area contributed by atoms with Crippen molar-refractivity contribution in [3.63, 3.8) is 0 Å². The maximum atomic E-state index is 12.7. The molecule has 0 saturated carbocycles. The molecule has 9 heteroatoms. The predicted octanol–water partition coefficient (Wildman–Crippen LogP) is 5.03. The lowest BCUT2D eigenvalue weighted by Crippen LogP contribution is -2.30. The number of sulfonamides is 1. The Labute approximate surface area is 211 Å². The molecular weight excluding hydrogens is 482 g/mol. The van der Waals surface area contributed by atoms with Crippen molar-refractivity contribution in [3.8, 4) is 5.75 Å². The van der Waals surface area contributed by atoms with Crippen LogP contribution in [0.2, 0.25) is 0 Å². The largest absolute Gasteiger partial charge is 0.490 e. The van der Waals surface area contributed by atoms with Crippen LogP contribution >= 0.6 is 0 Å². The van der Waals surface area contributed by atoms with Crippen molar-refractivity contribution in [2.45, 2.75) is 37.2 Å². The summed E-state index contributed by atoms with van der Waals surface area (Å²) in [6, 6.07) is 21.3. The topological polar surface area (TPSA) is 108 Å². The average molecular weight is 512 g/mol. The molecule has 190 valence electrons. The van der Waals surface area contributed by atoms with Gasteiger partial charge in [-0.15, -0.1) is 4.91 Å². The quantitative estimate of drug-likeness (QED) is 0.262. The Kier molecular flexibility index (Phi) is 8.60. The maximum Gasteiger partial charge on any atom is 0.340 e. The molecule has 0 aromatic heterocycles. The van der Waals surface area contributed by atoms with Crippen LogP contribution in [-0.4, -0.2) is 40.8 Å². The van der Waals surface area contributed by atoms with Gasteiger partial charge in [-0.1, -0.05) is 67.9 Å². The van der Waals surface area contributed by atoms with Crippen molar-refractivity contribution < 1.29 is 27.4 Å². The molecule has 36 heavy (non-hydrogen) atoms. The summed E-state index contributed by atoms with van der Waals surface area (Å²) >= 11 is 0. The molecule has 3 rings (SSSR count). The van der Waals surface area contributed by atoms with Crippen LogP contribution in [0.1, 0.15) is 40.9 Å². The number of ether oxygens (including phenoxy) is 3. The standard InChI is InChI=1S/C27H29NO7S/c1-19-9-11-20(12-10-19)27(2,3)21-13-15-22(16-14-21)34-18-23(17-33-4)35-26(29)24-7-5-6-8-25(24)36(31,32)28-30/h5-16,23H,17-18H2,1-4H3. The summed E-state index contributed by atoms with van der Waals surface area (Å²) in [5, 5.41) is 0. The monoisotopic (exact) mass is 511 g/mol. The molecule has 0 fully saturated rings. The number of carbonyl (C=O) groups is 1. The Hall–Kier alpha value is -3.56. The number of rotatable bonds is 11. The summed E-state index contributed by atoms with van der Waals surface area (Å²) in [6.45, 7) is 6.35. The highest BCUT2D eigenvalue weighted by atomic mass is 32.2. The molecule has 0 aliphatic heterocycles. The van der Waals surface area contributed by atoms with Gasteiger partial charge in [0, 0.05) is 12.5 Å². The highest BCUT2D eigenvalue weighted by Crippen LogP contribution is 2.32. The van der Waals surface area contributed by atoms with Gasteiger partial charge in [-0.05, 0) is 42.3 Å². The molecule has 1 unspecified atom stereocenters. The first kappa shape index (κ1) is 27.0. The number of hydrogen-bond acceptors (Lipinski definition) is 7. The number of nitroso groups, excluding NO2 is 1. The van der Waals surface area contributed by atoms with Crippen molar-refractivity contribution >= 4 is 16.0 Å². The molecule has 0 aliphatic rings. The Balaban J connectivity index is 1.69. The molecular formula is C27H29NO7S. The highest BCUT2D eigenvalue weighted by Gasteiger charge is 2.26. The van der Waals surface area contributed by atoms with E-state index in [1.165, 1.54) is 36.4 Å². The second kappa shape index (κ2) is 11.5. The summed E-state index contributed by atoms with van der Waals surface area (Å²) in [5.74, 6) is -0.359. The van der Waals surface area contributed by atoms with Crippen LogP contribution in [0.4, 0.5) is 0 Å². The Bertz CT molecular complexity index is 1300. The van der Waals surface area contributed by atoms with Gasteiger partial charge < -0.3 is 14.2 Å². The molecule has 3 aromatic carbocycles. The molecule has 0 heterocycles. The van der Waals surface area contributed by atoms with Crippen molar-refractivity contribution in [1.29, 1.82) is 0 Å². The third-order valence-corrected chi connectivity index (χ3v) is 7.00. The first-order valence-electron chi connectivity index (χ1n) is 11.3. The van der Waals surface area contributed by atoms with Gasteiger partial charge in [-0.3, -0.25) is 0 Å². The number of carbonyl (C=O) groups excluding carboxylic acids is 1. The lowest BCUT2D eigenvalue weighted by atomic mass is 9.78. The zero-order valence-electron chi connectivity index (χ0n) is 20.6. The number of esters is 1. The highest BCUT2D eigenvalue weighted by molar-refractivity contribution is 7.90. The number of methoxy groups -OCH3 is 1. The third-order valence-electron chi connectivity index (χ3n) is 5.89. The van der Waals surface area contributed by atoms with Crippen molar-refractivity contribution in [2.75, 3.05) is 20.3 Å².